The molecule has 144 valence electrons. The summed E-state index contributed by atoms with van der Waals surface area (Å²) in [4.78, 5) is 16.2. The highest BCUT2D eigenvalue weighted by Crippen LogP contribution is 2.23. The maximum Gasteiger partial charge on any atom is 0.311 e. The minimum Gasteiger partial charge on any atom is -0.497 e. The highest BCUT2D eigenvalue weighted by molar-refractivity contribution is 5.90. The number of halogens is 1. The molecule has 4 rings (SSSR count). The normalized spacial score (nSPS) is 14.2. The lowest BCUT2D eigenvalue weighted by Crippen LogP contribution is -2.49. The van der Waals surface area contributed by atoms with Crippen molar-refractivity contribution in [3.8, 4) is 17.2 Å². The molecule has 0 unspecified atom stereocenters. The molecule has 1 aliphatic heterocycles. The average Bonchev–Trinajstić information content (AvgIpc) is 3.24. The van der Waals surface area contributed by atoms with Gasteiger partial charge >= 0.3 is 11.8 Å². The smallest absolute Gasteiger partial charge is 0.311 e. The van der Waals surface area contributed by atoms with Crippen molar-refractivity contribution in [1.82, 2.24) is 15.1 Å². The van der Waals surface area contributed by atoms with Gasteiger partial charge in [-0.05, 0) is 36.4 Å². The highest BCUT2D eigenvalue weighted by atomic mass is 19.1. The van der Waals surface area contributed by atoms with E-state index in [-0.39, 0.29) is 23.5 Å². The SMILES string of the molecule is COc1ccc(-c2nnc(C(=O)N3CCN(c4ccccc4F)CC3)o2)cc1. The number of hydrogen-bond donors (Lipinski definition) is 0. The van der Waals surface area contributed by atoms with Gasteiger partial charge < -0.3 is 19.0 Å². The Bertz CT molecular complexity index is 966. The van der Waals surface area contributed by atoms with Crippen molar-refractivity contribution in [2.24, 2.45) is 0 Å². The van der Waals surface area contributed by atoms with E-state index in [1.54, 1.807) is 54.5 Å². The summed E-state index contributed by atoms with van der Waals surface area (Å²) in [5.74, 6) is 0.359. The molecule has 0 bridgehead atoms. The molecule has 2 aromatic carbocycles. The molecule has 7 nitrogen and oxygen atoms in total. The van der Waals surface area contributed by atoms with Crippen LogP contribution in [-0.4, -0.2) is 54.3 Å². The number of carbonyl (C=O) groups excluding carboxylic acids is 1. The van der Waals surface area contributed by atoms with Crippen LogP contribution in [0.1, 0.15) is 10.7 Å². The minimum atomic E-state index is -0.319. The number of anilines is 1. The molecule has 8 heteroatoms. The lowest BCUT2D eigenvalue weighted by molar-refractivity contribution is 0.0707. The van der Waals surface area contributed by atoms with Crippen LogP contribution in [-0.2, 0) is 0 Å². The fourth-order valence-corrected chi connectivity index (χ4v) is 3.15. The lowest BCUT2D eigenvalue weighted by atomic mass is 10.2. The highest BCUT2D eigenvalue weighted by Gasteiger charge is 2.27. The topological polar surface area (TPSA) is 71.7 Å². The zero-order valence-corrected chi connectivity index (χ0v) is 15.3. The predicted molar refractivity (Wildman–Crippen MR) is 101 cm³/mol. The van der Waals surface area contributed by atoms with E-state index in [1.807, 2.05) is 4.90 Å². The Hall–Kier alpha value is -3.42. The van der Waals surface area contributed by atoms with Crippen LogP contribution >= 0.6 is 0 Å². The summed E-state index contributed by atoms with van der Waals surface area (Å²) in [6, 6.07) is 13.8. The molecule has 0 radical (unpaired) electrons. The van der Waals surface area contributed by atoms with Gasteiger partial charge in [0.05, 0.1) is 12.8 Å². The summed E-state index contributed by atoms with van der Waals surface area (Å²) < 4.78 is 24.6. The van der Waals surface area contributed by atoms with Gasteiger partial charge in [0.25, 0.3) is 0 Å². The number of methoxy groups -OCH3 is 1. The zero-order valence-electron chi connectivity index (χ0n) is 15.3. The Kier molecular flexibility index (Phi) is 4.92. The first kappa shape index (κ1) is 18.0. The molecular weight excluding hydrogens is 363 g/mol. The van der Waals surface area contributed by atoms with Gasteiger partial charge in [0.15, 0.2) is 0 Å². The largest absolute Gasteiger partial charge is 0.497 e. The van der Waals surface area contributed by atoms with Crippen LogP contribution in [0.5, 0.6) is 5.75 Å². The standard InChI is InChI=1S/C20H19FN4O3/c1-27-15-8-6-14(7-9-15)18-22-23-19(28-18)20(26)25-12-10-24(11-13-25)17-5-3-2-4-16(17)21/h2-9H,10-13H2,1H3. The van der Waals surface area contributed by atoms with E-state index in [2.05, 4.69) is 10.2 Å². The Balaban J connectivity index is 1.42. The van der Waals surface area contributed by atoms with Crippen LogP contribution in [0.2, 0.25) is 0 Å². The maximum absolute atomic E-state index is 13.9. The van der Waals surface area contributed by atoms with Gasteiger partial charge in [-0.1, -0.05) is 12.1 Å². The van der Waals surface area contributed by atoms with E-state index >= 15 is 0 Å². The number of para-hydroxylation sites is 1. The van der Waals surface area contributed by atoms with Gasteiger partial charge in [-0.2, -0.15) is 0 Å². The van der Waals surface area contributed by atoms with Crippen molar-refractivity contribution < 1.29 is 18.3 Å². The monoisotopic (exact) mass is 382 g/mol. The summed E-state index contributed by atoms with van der Waals surface area (Å²) >= 11 is 0. The van der Waals surface area contributed by atoms with E-state index in [1.165, 1.54) is 6.07 Å². The number of rotatable bonds is 4. The molecule has 1 aromatic heterocycles. The van der Waals surface area contributed by atoms with Gasteiger partial charge in [-0.3, -0.25) is 4.79 Å². The predicted octanol–water partition coefficient (Wildman–Crippen LogP) is 2.85. The first-order valence-electron chi connectivity index (χ1n) is 8.92. The Labute approximate surface area is 161 Å². The lowest BCUT2D eigenvalue weighted by Gasteiger charge is -2.35. The van der Waals surface area contributed by atoms with Crippen LogP contribution in [0.15, 0.2) is 52.9 Å². The fourth-order valence-electron chi connectivity index (χ4n) is 3.15. The number of aromatic nitrogens is 2. The second-order valence-electron chi connectivity index (χ2n) is 6.37. The molecule has 1 fully saturated rings. The van der Waals surface area contributed by atoms with Crippen LogP contribution in [0.4, 0.5) is 10.1 Å². The van der Waals surface area contributed by atoms with Gasteiger partial charge in [0, 0.05) is 31.7 Å². The summed E-state index contributed by atoms with van der Waals surface area (Å²) in [5.41, 5.74) is 1.26. The second-order valence-corrected chi connectivity index (χ2v) is 6.37. The van der Waals surface area contributed by atoms with E-state index in [0.717, 1.165) is 0 Å². The van der Waals surface area contributed by atoms with E-state index in [9.17, 15) is 9.18 Å². The fraction of sp³-hybridized carbons (Fsp3) is 0.250. The van der Waals surface area contributed by atoms with Crippen LogP contribution in [0.25, 0.3) is 11.5 Å². The summed E-state index contributed by atoms with van der Waals surface area (Å²) in [7, 11) is 1.59. The number of benzene rings is 2. The Morgan fingerprint density at radius 1 is 1.04 bits per heavy atom. The first-order valence-corrected chi connectivity index (χ1v) is 8.92. The molecule has 1 amide bonds. The van der Waals surface area contributed by atoms with Crippen molar-refractivity contribution in [2.45, 2.75) is 0 Å². The van der Waals surface area contributed by atoms with E-state index in [4.69, 9.17) is 9.15 Å². The number of hydrogen-bond acceptors (Lipinski definition) is 6. The van der Waals surface area contributed by atoms with Crippen LogP contribution in [0.3, 0.4) is 0 Å². The van der Waals surface area contributed by atoms with Crippen molar-refractivity contribution in [3.63, 3.8) is 0 Å². The molecule has 0 atom stereocenters. The molecule has 2 heterocycles. The quantitative estimate of drug-likeness (QED) is 0.691. The summed E-state index contributed by atoms with van der Waals surface area (Å²) in [5, 5.41) is 7.86. The molecule has 3 aromatic rings. The number of amides is 1. The molecule has 1 aliphatic rings. The van der Waals surface area contributed by atoms with E-state index < -0.39 is 0 Å². The molecule has 1 saturated heterocycles. The van der Waals surface area contributed by atoms with Crippen molar-refractivity contribution >= 4 is 11.6 Å². The first-order chi connectivity index (χ1) is 13.7. The van der Waals surface area contributed by atoms with Crippen LogP contribution in [0, 0.1) is 5.82 Å². The Morgan fingerprint density at radius 3 is 2.43 bits per heavy atom. The molecule has 0 saturated carbocycles. The van der Waals surface area contributed by atoms with Crippen molar-refractivity contribution in [2.75, 3.05) is 38.2 Å². The van der Waals surface area contributed by atoms with Gasteiger partial charge in [0.1, 0.15) is 11.6 Å². The molecular formula is C20H19FN4O3. The number of nitrogens with zero attached hydrogens (tertiary/aromatic N) is 4. The van der Waals surface area contributed by atoms with Crippen molar-refractivity contribution in [1.29, 1.82) is 0 Å². The number of ether oxygens (including phenoxy) is 1. The second kappa shape index (κ2) is 7.67. The average molecular weight is 382 g/mol. The third-order valence-corrected chi connectivity index (χ3v) is 4.70. The Morgan fingerprint density at radius 2 is 1.75 bits per heavy atom. The summed E-state index contributed by atoms with van der Waals surface area (Å²) in [6.07, 6.45) is 0. The third-order valence-electron chi connectivity index (χ3n) is 4.70. The molecule has 28 heavy (non-hydrogen) atoms. The van der Waals surface area contributed by atoms with Gasteiger partial charge in [0.2, 0.25) is 5.89 Å². The molecule has 0 spiro atoms. The van der Waals surface area contributed by atoms with Crippen LogP contribution < -0.4 is 9.64 Å². The van der Waals surface area contributed by atoms with Gasteiger partial charge in [-0.25, -0.2) is 4.39 Å². The molecule has 0 aliphatic carbocycles. The number of piperazine rings is 1. The third kappa shape index (κ3) is 3.53. The van der Waals surface area contributed by atoms with Crippen molar-refractivity contribution in [3.05, 3.63) is 60.2 Å². The number of carbonyl (C=O) groups is 1. The van der Waals surface area contributed by atoms with E-state index in [0.29, 0.717) is 43.2 Å². The van der Waals surface area contributed by atoms with Gasteiger partial charge in [-0.15, -0.1) is 10.2 Å². The molecule has 0 N–H and O–H groups in total. The maximum atomic E-state index is 13.9. The zero-order chi connectivity index (χ0) is 19.5. The summed E-state index contributed by atoms with van der Waals surface area (Å²) in [6.45, 7) is 1.97. The minimum absolute atomic E-state index is 0.0508.